The number of carbonyl (C=O) groups is 1. The van der Waals surface area contributed by atoms with Gasteiger partial charge in [0.2, 0.25) is 0 Å². The highest BCUT2D eigenvalue weighted by molar-refractivity contribution is 5.98. The minimum absolute atomic E-state index is 0.0142. The van der Waals surface area contributed by atoms with Crippen molar-refractivity contribution in [3.05, 3.63) is 35.5 Å². The number of anilines is 4. The van der Waals surface area contributed by atoms with Crippen molar-refractivity contribution in [2.24, 2.45) is 17.4 Å². The molecule has 0 unspecified atom stereocenters. The van der Waals surface area contributed by atoms with Crippen LogP contribution >= 0.6 is 0 Å². The third kappa shape index (κ3) is 6.26. The number of nitrogens with one attached hydrogen (secondary N) is 2. The lowest BCUT2D eigenvalue weighted by molar-refractivity contribution is 0.100. The summed E-state index contributed by atoms with van der Waals surface area (Å²) in [6, 6.07) is 1.72. The van der Waals surface area contributed by atoms with E-state index in [0.29, 0.717) is 38.6 Å². The zero-order chi connectivity index (χ0) is 24.1. The van der Waals surface area contributed by atoms with Crippen LogP contribution in [0.15, 0.2) is 18.3 Å². The molecule has 1 aliphatic heterocycles. The smallest absolute Gasteiger partial charge is 0.252 e. The number of nitrogens with zero attached hydrogens (tertiary/aromatic N) is 3. The second-order valence-electron chi connectivity index (χ2n) is 8.57. The summed E-state index contributed by atoms with van der Waals surface area (Å²) in [6.07, 6.45) is 2.11. The van der Waals surface area contributed by atoms with E-state index in [1.54, 1.807) is 4.90 Å². The fourth-order valence-electron chi connectivity index (χ4n) is 3.61. The Morgan fingerprint density at radius 1 is 1.18 bits per heavy atom. The van der Waals surface area contributed by atoms with Gasteiger partial charge in [-0.25, -0.2) is 18.7 Å². The summed E-state index contributed by atoms with van der Waals surface area (Å²) in [5.74, 6) is -1.73. The molecular weight excluding hydrogens is 432 g/mol. The molecule has 0 radical (unpaired) electrons. The lowest BCUT2D eigenvalue weighted by Crippen LogP contribution is -2.39. The first-order valence-electron chi connectivity index (χ1n) is 10.9. The predicted molar refractivity (Wildman–Crippen MR) is 124 cm³/mol. The van der Waals surface area contributed by atoms with E-state index < -0.39 is 17.5 Å². The topological polar surface area (TPSA) is 131 Å². The maximum absolute atomic E-state index is 14.7. The van der Waals surface area contributed by atoms with E-state index in [4.69, 9.17) is 16.2 Å². The van der Waals surface area contributed by atoms with Gasteiger partial charge in [0.05, 0.1) is 30.7 Å². The van der Waals surface area contributed by atoms with Gasteiger partial charge in [-0.3, -0.25) is 4.79 Å². The molecule has 0 saturated carbocycles. The number of carbonyl (C=O) groups excluding carboxylic acids is 1. The molecule has 6 N–H and O–H groups in total. The highest BCUT2D eigenvalue weighted by atomic mass is 19.1. The van der Waals surface area contributed by atoms with Gasteiger partial charge < -0.3 is 31.7 Å². The van der Waals surface area contributed by atoms with Gasteiger partial charge in [0, 0.05) is 31.2 Å². The van der Waals surface area contributed by atoms with E-state index in [0.717, 1.165) is 6.07 Å². The minimum Gasteiger partial charge on any atom is -0.378 e. The van der Waals surface area contributed by atoms with Crippen LogP contribution in [0.2, 0.25) is 0 Å². The largest absolute Gasteiger partial charge is 0.378 e. The van der Waals surface area contributed by atoms with E-state index in [1.165, 1.54) is 12.3 Å². The van der Waals surface area contributed by atoms with Crippen LogP contribution in [0.25, 0.3) is 0 Å². The molecule has 3 rings (SSSR count). The summed E-state index contributed by atoms with van der Waals surface area (Å²) in [6.45, 7) is 7.95. The lowest BCUT2D eigenvalue weighted by atomic mass is 9.99. The quantitative estimate of drug-likeness (QED) is 0.446. The molecule has 2 aromatic rings. The summed E-state index contributed by atoms with van der Waals surface area (Å²) < 4.78 is 34.7. The average molecular weight is 464 g/mol. The zero-order valence-corrected chi connectivity index (χ0v) is 19.1. The molecule has 0 spiro atoms. The number of amides is 1. The molecule has 0 bridgehead atoms. The van der Waals surface area contributed by atoms with Crippen molar-refractivity contribution in [3.63, 3.8) is 0 Å². The van der Waals surface area contributed by atoms with Crippen LogP contribution in [0.1, 0.15) is 37.6 Å². The van der Waals surface area contributed by atoms with Gasteiger partial charge in [0.15, 0.2) is 23.3 Å². The third-order valence-electron chi connectivity index (χ3n) is 5.32. The first kappa shape index (κ1) is 24.6. The van der Waals surface area contributed by atoms with E-state index in [2.05, 4.69) is 20.6 Å². The number of nitrogens with two attached hydrogens (primary N) is 2. The molecule has 1 aliphatic rings. The van der Waals surface area contributed by atoms with E-state index >= 15 is 0 Å². The molecule has 1 amide bonds. The average Bonchev–Trinajstić information content (AvgIpc) is 2.75. The molecule has 2 aromatic heterocycles. The van der Waals surface area contributed by atoms with E-state index in [-0.39, 0.29) is 40.8 Å². The highest BCUT2D eigenvalue weighted by Crippen LogP contribution is 2.27. The Balaban J connectivity index is 1.89. The molecule has 11 heteroatoms. The van der Waals surface area contributed by atoms with Crippen LogP contribution in [0, 0.1) is 17.6 Å². The molecular formula is C22H31F2N7O2. The Kier molecular flexibility index (Phi) is 7.98. The zero-order valence-electron chi connectivity index (χ0n) is 19.1. The summed E-state index contributed by atoms with van der Waals surface area (Å²) in [5, 5.41) is 5.86. The number of hydrogen-bond donors (Lipinski definition) is 4. The van der Waals surface area contributed by atoms with E-state index in [9.17, 15) is 13.6 Å². The van der Waals surface area contributed by atoms with Crippen LogP contribution in [-0.2, 0) is 4.74 Å². The van der Waals surface area contributed by atoms with Gasteiger partial charge in [-0.2, -0.15) is 0 Å². The Labute approximate surface area is 191 Å². The first-order valence-corrected chi connectivity index (χ1v) is 10.9. The second-order valence-corrected chi connectivity index (χ2v) is 8.57. The summed E-state index contributed by atoms with van der Waals surface area (Å²) >= 11 is 0. The van der Waals surface area contributed by atoms with Crippen LogP contribution in [0.4, 0.5) is 31.9 Å². The molecule has 1 fully saturated rings. The van der Waals surface area contributed by atoms with Crippen LogP contribution < -0.4 is 27.0 Å². The Morgan fingerprint density at radius 2 is 1.88 bits per heavy atom. The fraction of sp³-hybridized carbons (Fsp3) is 0.500. The number of hydrogen-bond acceptors (Lipinski definition) is 8. The molecule has 2 atom stereocenters. The standard InChI is InChI=1S/C22H31F2N7O2/c1-12(2)8-18(13(3)25)29-21-16(23)10-15(19(26)32)20(30-21)28-14-9-17(24)22(27-11-14)31-4-6-33-7-5-31/h9-13,18H,4-8,25H2,1-3H3,(H2,26,32)(H2,28,29,30)/t13-,18+/m0/s1. The summed E-state index contributed by atoms with van der Waals surface area (Å²) in [7, 11) is 0. The number of rotatable bonds is 9. The van der Waals surface area contributed by atoms with Crippen molar-refractivity contribution in [3.8, 4) is 0 Å². The predicted octanol–water partition coefficient (Wildman–Crippen LogP) is 2.61. The SMILES string of the molecule is CC(C)C[C@@H](Nc1nc(Nc2cnc(N3CCOCC3)c(F)c2)c(C(N)=O)cc1F)[C@H](C)N. The van der Waals surface area contributed by atoms with Gasteiger partial charge >= 0.3 is 0 Å². The molecule has 9 nitrogen and oxygen atoms in total. The molecule has 3 heterocycles. The van der Waals surface area contributed by atoms with Crippen LogP contribution in [0.5, 0.6) is 0 Å². The number of morpholine rings is 1. The number of aromatic nitrogens is 2. The Bertz CT molecular complexity index is 981. The van der Waals surface area contributed by atoms with Crippen molar-refractivity contribution < 1.29 is 18.3 Å². The van der Waals surface area contributed by atoms with Crippen molar-refractivity contribution in [1.82, 2.24) is 9.97 Å². The van der Waals surface area contributed by atoms with Crippen molar-refractivity contribution >= 4 is 29.0 Å². The van der Waals surface area contributed by atoms with E-state index in [1.807, 2.05) is 20.8 Å². The molecule has 1 saturated heterocycles. The van der Waals surface area contributed by atoms with Crippen LogP contribution in [-0.4, -0.2) is 54.3 Å². The third-order valence-corrected chi connectivity index (χ3v) is 5.32. The van der Waals surface area contributed by atoms with Gasteiger partial charge in [0.1, 0.15) is 5.82 Å². The number of halogens is 2. The maximum Gasteiger partial charge on any atom is 0.252 e. The molecule has 180 valence electrons. The monoisotopic (exact) mass is 463 g/mol. The fourth-order valence-corrected chi connectivity index (χ4v) is 3.61. The Hall–Kier alpha value is -3.05. The normalized spacial score (nSPS) is 15.9. The lowest BCUT2D eigenvalue weighted by Gasteiger charge is -2.28. The Morgan fingerprint density at radius 3 is 2.45 bits per heavy atom. The van der Waals surface area contributed by atoms with Crippen molar-refractivity contribution in [2.75, 3.05) is 41.8 Å². The number of ether oxygens (including phenoxy) is 1. The van der Waals surface area contributed by atoms with Gasteiger partial charge in [0.25, 0.3) is 5.91 Å². The van der Waals surface area contributed by atoms with Gasteiger partial charge in [-0.15, -0.1) is 0 Å². The first-order chi connectivity index (χ1) is 15.7. The van der Waals surface area contributed by atoms with Crippen molar-refractivity contribution in [2.45, 2.75) is 39.3 Å². The number of primary amides is 1. The molecule has 0 aromatic carbocycles. The summed E-state index contributed by atoms with van der Waals surface area (Å²) in [5.41, 5.74) is 11.5. The summed E-state index contributed by atoms with van der Waals surface area (Å²) in [4.78, 5) is 22.1. The second kappa shape index (κ2) is 10.7. The number of pyridine rings is 2. The van der Waals surface area contributed by atoms with Crippen LogP contribution in [0.3, 0.4) is 0 Å². The molecule has 0 aliphatic carbocycles. The minimum atomic E-state index is -0.875. The van der Waals surface area contributed by atoms with Gasteiger partial charge in [-0.05, 0) is 25.3 Å². The maximum atomic E-state index is 14.7. The molecule has 33 heavy (non-hydrogen) atoms. The highest BCUT2D eigenvalue weighted by Gasteiger charge is 2.22. The van der Waals surface area contributed by atoms with Crippen molar-refractivity contribution in [1.29, 1.82) is 0 Å². The van der Waals surface area contributed by atoms with Gasteiger partial charge in [-0.1, -0.05) is 13.8 Å².